The third kappa shape index (κ3) is 4.67. The molecular formula is C25H24FN3O3S2. The van der Waals surface area contributed by atoms with Crippen molar-refractivity contribution in [3.8, 4) is 0 Å². The molecular weight excluding hydrogens is 473 g/mol. The number of amides is 1. The summed E-state index contributed by atoms with van der Waals surface area (Å²) in [6, 6.07) is 9.41. The maximum Gasteiger partial charge on any atom is 0.263 e. The zero-order valence-corrected chi connectivity index (χ0v) is 20.3. The van der Waals surface area contributed by atoms with Crippen LogP contribution in [0.25, 0.3) is 10.2 Å². The summed E-state index contributed by atoms with van der Waals surface area (Å²) in [5, 5.41) is 4.14. The van der Waals surface area contributed by atoms with Crippen molar-refractivity contribution in [2.75, 3.05) is 5.75 Å². The average molecular weight is 498 g/mol. The maximum atomic E-state index is 13.6. The van der Waals surface area contributed by atoms with Gasteiger partial charge in [-0.05, 0) is 68.0 Å². The van der Waals surface area contributed by atoms with Crippen molar-refractivity contribution >= 4 is 39.2 Å². The number of hydrogen-bond donors (Lipinski definition) is 1. The first-order valence-electron chi connectivity index (χ1n) is 11.2. The molecule has 1 aromatic carbocycles. The summed E-state index contributed by atoms with van der Waals surface area (Å²) in [6.07, 6.45) is 5.69. The molecule has 0 radical (unpaired) electrons. The Morgan fingerprint density at radius 1 is 1.26 bits per heavy atom. The second-order valence-corrected chi connectivity index (χ2v) is 10.4. The number of rotatable bonds is 7. The minimum atomic E-state index is -0.316. The first kappa shape index (κ1) is 22.9. The van der Waals surface area contributed by atoms with Crippen molar-refractivity contribution in [1.82, 2.24) is 14.9 Å². The number of halogens is 1. The summed E-state index contributed by atoms with van der Waals surface area (Å²) in [5.41, 5.74) is 1.88. The predicted molar refractivity (Wildman–Crippen MR) is 132 cm³/mol. The van der Waals surface area contributed by atoms with Gasteiger partial charge in [0.15, 0.2) is 5.16 Å². The molecule has 0 saturated carbocycles. The largest absolute Gasteiger partial charge is 0.467 e. The van der Waals surface area contributed by atoms with Gasteiger partial charge in [0.05, 0.1) is 30.0 Å². The summed E-state index contributed by atoms with van der Waals surface area (Å²) in [4.78, 5) is 33.1. The Hall–Kier alpha value is -2.91. The molecule has 9 heteroatoms. The number of thioether (sulfide) groups is 1. The molecule has 1 N–H and O–H groups in total. The molecule has 1 aliphatic rings. The third-order valence-electron chi connectivity index (χ3n) is 6.01. The first-order valence-corrected chi connectivity index (χ1v) is 13.0. The molecule has 0 bridgehead atoms. The van der Waals surface area contributed by atoms with Gasteiger partial charge in [-0.2, -0.15) is 0 Å². The highest BCUT2D eigenvalue weighted by molar-refractivity contribution is 7.99. The molecule has 0 aliphatic heterocycles. The standard InChI is InChI=1S/C25H24FN3O3S2/c1-15(16-8-10-17(26)11-9-16)27-21(30)14-33-25-28-23-22(19-6-2-3-7-20(19)34-23)24(31)29(25)13-18-5-4-12-32-18/h4-5,8-12,15H,2-3,6-7,13-14H2,1H3,(H,27,30). The van der Waals surface area contributed by atoms with E-state index in [1.54, 1.807) is 40.4 Å². The Labute approximate surface area is 204 Å². The van der Waals surface area contributed by atoms with Gasteiger partial charge in [-0.25, -0.2) is 9.37 Å². The smallest absolute Gasteiger partial charge is 0.263 e. The van der Waals surface area contributed by atoms with Gasteiger partial charge in [0.1, 0.15) is 16.4 Å². The number of benzene rings is 1. The van der Waals surface area contributed by atoms with Crippen LogP contribution in [0.3, 0.4) is 0 Å². The summed E-state index contributed by atoms with van der Waals surface area (Å²) >= 11 is 2.83. The van der Waals surface area contributed by atoms with E-state index < -0.39 is 0 Å². The molecule has 0 saturated heterocycles. The number of thiophene rings is 1. The van der Waals surface area contributed by atoms with Crippen LogP contribution >= 0.6 is 23.1 Å². The van der Waals surface area contributed by atoms with Crippen LogP contribution in [0, 0.1) is 5.82 Å². The zero-order valence-electron chi connectivity index (χ0n) is 18.7. The predicted octanol–water partition coefficient (Wildman–Crippen LogP) is 5.09. The van der Waals surface area contributed by atoms with Crippen LogP contribution in [-0.4, -0.2) is 21.2 Å². The van der Waals surface area contributed by atoms with Crippen LogP contribution in [0.4, 0.5) is 4.39 Å². The van der Waals surface area contributed by atoms with E-state index in [0.717, 1.165) is 41.6 Å². The molecule has 1 aliphatic carbocycles. The van der Waals surface area contributed by atoms with Gasteiger partial charge in [0, 0.05) is 4.88 Å². The molecule has 176 valence electrons. The summed E-state index contributed by atoms with van der Waals surface area (Å²) < 4.78 is 20.3. The van der Waals surface area contributed by atoms with E-state index in [0.29, 0.717) is 16.3 Å². The van der Waals surface area contributed by atoms with Gasteiger partial charge in [-0.1, -0.05) is 23.9 Å². The lowest BCUT2D eigenvalue weighted by atomic mass is 9.97. The molecule has 3 heterocycles. The summed E-state index contributed by atoms with van der Waals surface area (Å²) in [5.74, 6) is 0.256. The maximum absolute atomic E-state index is 13.6. The Bertz CT molecular complexity index is 1380. The highest BCUT2D eigenvalue weighted by atomic mass is 32.2. The molecule has 4 aromatic rings. The fourth-order valence-electron chi connectivity index (χ4n) is 4.28. The molecule has 3 aromatic heterocycles. The molecule has 6 nitrogen and oxygen atoms in total. The zero-order chi connectivity index (χ0) is 23.7. The second kappa shape index (κ2) is 9.76. The van der Waals surface area contributed by atoms with E-state index in [-0.39, 0.29) is 35.6 Å². The molecule has 34 heavy (non-hydrogen) atoms. The van der Waals surface area contributed by atoms with Crippen LogP contribution in [-0.2, 0) is 24.2 Å². The highest BCUT2D eigenvalue weighted by Gasteiger charge is 2.23. The lowest BCUT2D eigenvalue weighted by molar-refractivity contribution is -0.119. The third-order valence-corrected chi connectivity index (χ3v) is 8.18. The quantitative estimate of drug-likeness (QED) is 0.284. The van der Waals surface area contributed by atoms with E-state index in [1.807, 2.05) is 13.0 Å². The van der Waals surface area contributed by atoms with Crippen LogP contribution < -0.4 is 10.9 Å². The number of carbonyl (C=O) groups is 1. The summed E-state index contributed by atoms with van der Waals surface area (Å²) in [7, 11) is 0. The van der Waals surface area contributed by atoms with Crippen LogP contribution in [0.5, 0.6) is 0 Å². The first-order chi connectivity index (χ1) is 16.5. The molecule has 1 atom stereocenters. The molecule has 0 spiro atoms. The van der Waals surface area contributed by atoms with Gasteiger partial charge in [0.2, 0.25) is 5.91 Å². The molecule has 5 rings (SSSR count). The number of aromatic nitrogens is 2. The van der Waals surface area contributed by atoms with Crippen molar-refractivity contribution < 1.29 is 13.6 Å². The van der Waals surface area contributed by atoms with E-state index in [2.05, 4.69) is 5.32 Å². The van der Waals surface area contributed by atoms with Gasteiger partial charge in [-0.3, -0.25) is 14.2 Å². The Morgan fingerprint density at radius 3 is 2.82 bits per heavy atom. The topological polar surface area (TPSA) is 77.1 Å². The number of carbonyl (C=O) groups excluding carboxylic acids is 1. The van der Waals surface area contributed by atoms with Crippen LogP contribution in [0.2, 0.25) is 0 Å². The van der Waals surface area contributed by atoms with Gasteiger partial charge in [0.25, 0.3) is 5.56 Å². The Morgan fingerprint density at radius 2 is 2.06 bits per heavy atom. The highest BCUT2D eigenvalue weighted by Crippen LogP contribution is 2.34. The monoisotopic (exact) mass is 497 g/mol. The minimum absolute atomic E-state index is 0.0802. The number of nitrogens with one attached hydrogen (secondary N) is 1. The second-order valence-electron chi connectivity index (χ2n) is 8.39. The van der Waals surface area contributed by atoms with E-state index in [1.165, 1.54) is 28.8 Å². The number of furan rings is 1. The van der Waals surface area contributed by atoms with E-state index in [4.69, 9.17) is 9.40 Å². The lowest BCUT2D eigenvalue weighted by Crippen LogP contribution is -2.29. The van der Waals surface area contributed by atoms with Crippen LogP contribution in [0.15, 0.2) is 57.0 Å². The Kier molecular flexibility index (Phi) is 6.56. The van der Waals surface area contributed by atoms with Gasteiger partial charge >= 0.3 is 0 Å². The normalized spacial score (nSPS) is 14.2. The molecule has 0 fully saturated rings. The van der Waals surface area contributed by atoms with Crippen molar-refractivity contribution in [1.29, 1.82) is 0 Å². The van der Waals surface area contributed by atoms with Gasteiger partial charge in [-0.15, -0.1) is 11.3 Å². The SMILES string of the molecule is CC(NC(=O)CSc1nc2sc3c(c2c(=O)n1Cc1ccco1)CCCC3)c1ccc(F)cc1. The molecule has 1 amide bonds. The minimum Gasteiger partial charge on any atom is -0.467 e. The number of fused-ring (bicyclic) bond motifs is 3. The van der Waals surface area contributed by atoms with Crippen molar-refractivity contribution in [2.24, 2.45) is 0 Å². The average Bonchev–Trinajstić information content (AvgIpc) is 3.47. The lowest BCUT2D eigenvalue weighted by Gasteiger charge is -2.15. The van der Waals surface area contributed by atoms with Crippen molar-refractivity contribution in [3.05, 3.63) is 80.6 Å². The number of nitrogens with zero attached hydrogens (tertiary/aromatic N) is 2. The fourth-order valence-corrected chi connectivity index (χ4v) is 6.39. The van der Waals surface area contributed by atoms with Crippen molar-refractivity contribution in [3.63, 3.8) is 0 Å². The molecule has 1 unspecified atom stereocenters. The summed E-state index contributed by atoms with van der Waals surface area (Å²) in [6.45, 7) is 2.11. The van der Waals surface area contributed by atoms with Gasteiger partial charge < -0.3 is 9.73 Å². The Balaban J connectivity index is 1.40. The van der Waals surface area contributed by atoms with E-state index in [9.17, 15) is 14.0 Å². The van der Waals surface area contributed by atoms with E-state index >= 15 is 0 Å². The number of hydrogen-bond acceptors (Lipinski definition) is 6. The van der Waals surface area contributed by atoms with Crippen LogP contribution in [0.1, 0.15) is 47.6 Å². The fraction of sp³-hybridized carbons (Fsp3) is 0.320. The number of aryl methyl sites for hydroxylation is 2. The van der Waals surface area contributed by atoms with Crippen molar-refractivity contribution in [2.45, 2.75) is 50.4 Å².